The Balaban J connectivity index is 1.94. The molecule has 1 spiro atoms. The first-order valence-electron chi connectivity index (χ1n) is 5.59. The molecule has 0 aliphatic carbocycles. The summed E-state index contributed by atoms with van der Waals surface area (Å²) in [5.74, 6) is 0. The zero-order valence-electron chi connectivity index (χ0n) is 8.92. The van der Waals surface area contributed by atoms with E-state index in [0.29, 0.717) is 5.41 Å². The Morgan fingerprint density at radius 2 is 1.85 bits per heavy atom. The van der Waals surface area contributed by atoms with E-state index in [2.05, 4.69) is 23.5 Å². The van der Waals surface area contributed by atoms with Gasteiger partial charge in [0, 0.05) is 25.4 Å². The van der Waals surface area contributed by atoms with Crippen LogP contribution in [0.25, 0.3) is 0 Å². The Bertz CT molecular complexity index is 173. The lowest BCUT2D eigenvalue weighted by Crippen LogP contribution is -2.36. The predicted molar refractivity (Wildman–Crippen MR) is 54.9 cm³/mol. The summed E-state index contributed by atoms with van der Waals surface area (Å²) in [6, 6.07) is 0.734. The number of likely N-dealkylation sites (tertiary alicyclic amines) is 1. The molecule has 2 nitrogen and oxygen atoms in total. The van der Waals surface area contributed by atoms with E-state index in [1.54, 1.807) is 0 Å². The highest BCUT2D eigenvalue weighted by Crippen LogP contribution is 2.39. The van der Waals surface area contributed by atoms with Crippen LogP contribution in [0, 0.1) is 5.41 Å². The second-order valence-corrected chi connectivity index (χ2v) is 4.99. The van der Waals surface area contributed by atoms with Crippen LogP contribution in [0.3, 0.4) is 0 Å². The van der Waals surface area contributed by atoms with Gasteiger partial charge in [-0.25, -0.2) is 0 Å². The topological polar surface area (TPSA) is 16.0 Å². The van der Waals surface area contributed by atoms with Crippen molar-refractivity contribution < 1.29 is 4.74 Å². The molecule has 2 rings (SSSR count). The lowest BCUT2D eigenvalue weighted by atomic mass is 9.80. The Morgan fingerprint density at radius 1 is 1.15 bits per heavy atom. The molecule has 76 valence electrons. The standard InChI is InChI=1S/C11H21NO/c1-10(2)12-6-3-11(9-12)4-7-13-8-5-11/h10H,3-9H2,1-2H3/p+1. The second kappa shape index (κ2) is 3.58. The van der Waals surface area contributed by atoms with Crippen molar-refractivity contribution in [3.63, 3.8) is 0 Å². The van der Waals surface area contributed by atoms with Gasteiger partial charge in [-0.2, -0.15) is 0 Å². The number of hydrogen-bond donors (Lipinski definition) is 0. The van der Waals surface area contributed by atoms with Crippen molar-refractivity contribution >= 4 is 0 Å². The van der Waals surface area contributed by atoms with Crippen molar-refractivity contribution in [2.45, 2.75) is 39.2 Å². The fourth-order valence-corrected chi connectivity index (χ4v) is 2.69. The molecule has 1 N–H and O–H groups in total. The largest absolute Gasteiger partial charge is 0.434 e. The average molecular weight is 184 g/mol. The second-order valence-electron chi connectivity index (χ2n) is 4.99. The number of rotatable bonds is 1. The van der Waals surface area contributed by atoms with Gasteiger partial charge in [0.1, 0.15) is 13.2 Å². The Kier molecular flexibility index (Phi) is 2.61. The van der Waals surface area contributed by atoms with Crippen molar-refractivity contribution in [2.75, 3.05) is 26.3 Å². The molecule has 13 heavy (non-hydrogen) atoms. The SMILES string of the molecule is CC(C)N1CCC2(CC[OH+]CC2)C1. The summed E-state index contributed by atoms with van der Waals surface area (Å²) in [4.78, 5) is 2.63. The quantitative estimate of drug-likeness (QED) is 0.563. The Labute approximate surface area is 81.3 Å². The van der Waals surface area contributed by atoms with Gasteiger partial charge in [-0.15, -0.1) is 0 Å². The first-order chi connectivity index (χ1) is 6.22. The lowest BCUT2D eigenvalue weighted by Gasteiger charge is -2.31. The zero-order valence-corrected chi connectivity index (χ0v) is 8.92. The van der Waals surface area contributed by atoms with Gasteiger partial charge in [0.25, 0.3) is 0 Å². The number of nitrogens with zero attached hydrogens (tertiary/aromatic N) is 1. The van der Waals surface area contributed by atoms with Gasteiger partial charge in [-0.3, -0.25) is 0 Å². The van der Waals surface area contributed by atoms with Gasteiger partial charge in [-0.1, -0.05) is 0 Å². The minimum absolute atomic E-state index is 0.659. The van der Waals surface area contributed by atoms with Gasteiger partial charge in [0.2, 0.25) is 0 Å². The molecule has 0 radical (unpaired) electrons. The smallest absolute Gasteiger partial charge is 0.145 e. The van der Waals surface area contributed by atoms with E-state index in [1.165, 1.54) is 32.4 Å². The van der Waals surface area contributed by atoms with Gasteiger partial charge < -0.3 is 9.64 Å². The molecule has 0 aromatic carbocycles. The first kappa shape index (κ1) is 9.47. The maximum atomic E-state index is 4.45. The summed E-state index contributed by atoms with van der Waals surface area (Å²) in [6.07, 6.45) is 4.10. The fraction of sp³-hybridized carbons (Fsp3) is 1.00. The fourth-order valence-electron chi connectivity index (χ4n) is 2.69. The highest BCUT2D eigenvalue weighted by Gasteiger charge is 2.41. The van der Waals surface area contributed by atoms with Crippen LogP contribution in [-0.2, 0) is 0 Å². The first-order valence-corrected chi connectivity index (χ1v) is 5.59. The summed E-state index contributed by atoms with van der Waals surface area (Å²) < 4.78 is 4.45. The van der Waals surface area contributed by atoms with Crippen LogP contribution in [0.2, 0.25) is 0 Å². The number of ether oxygens (including phenoxy) is 1. The van der Waals surface area contributed by atoms with Crippen LogP contribution in [0.4, 0.5) is 0 Å². The number of aliphatic hydroxyl groups is 2. The molecule has 2 fully saturated rings. The minimum atomic E-state index is 0.659. The van der Waals surface area contributed by atoms with Gasteiger partial charge in [-0.05, 0) is 32.2 Å². The maximum absolute atomic E-state index is 4.45. The molecule has 0 unspecified atom stereocenters. The van der Waals surface area contributed by atoms with E-state index in [1.807, 2.05) is 0 Å². The van der Waals surface area contributed by atoms with E-state index < -0.39 is 0 Å². The molecule has 0 atom stereocenters. The maximum Gasteiger partial charge on any atom is 0.145 e. The van der Waals surface area contributed by atoms with Crippen molar-refractivity contribution in [1.29, 1.82) is 0 Å². The predicted octanol–water partition coefficient (Wildman–Crippen LogP) is 1.41. The molecular formula is C11H22NO+. The number of hydrogen-bond acceptors (Lipinski definition) is 1. The van der Waals surface area contributed by atoms with Gasteiger partial charge >= 0.3 is 0 Å². The monoisotopic (exact) mass is 184 g/mol. The summed E-state index contributed by atoms with van der Waals surface area (Å²) in [6.45, 7) is 9.51. The molecule has 0 amide bonds. The van der Waals surface area contributed by atoms with Crippen LogP contribution in [0.1, 0.15) is 33.1 Å². The van der Waals surface area contributed by atoms with E-state index >= 15 is 0 Å². The molecule has 2 heterocycles. The van der Waals surface area contributed by atoms with Crippen LogP contribution in [0.15, 0.2) is 0 Å². The Hall–Kier alpha value is -0.0800. The van der Waals surface area contributed by atoms with Crippen molar-refractivity contribution in [3.8, 4) is 0 Å². The molecule has 0 aromatic rings. The average Bonchev–Trinajstić information content (AvgIpc) is 2.51. The van der Waals surface area contributed by atoms with Crippen molar-refractivity contribution in [3.05, 3.63) is 0 Å². The van der Waals surface area contributed by atoms with Crippen molar-refractivity contribution in [2.24, 2.45) is 5.41 Å². The minimum Gasteiger partial charge on any atom is -0.434 e. The van der Waals surface area contributed by atoms with Crippen LogP contribution >= 0.6 is 0 Å². The van der Waals surface area contributed by atoms with Crippen LogP contribution in [0.5, 0.6) is 0 Å². The third-order valence-corrected chi connectivity index (χ3v) is 3.80. The normalized spacial score (nSPS) is 28.8. The third-order valence-electron chi connectivity index (χ3n) is 3.80. The highest BCUT2D eigenvalue weighted by molar-refractivity contribution is 4.91. The lowest BCUT2D eigenvalue weighted by molar-refractivity contribution is -0.103. The highest BCUT2D eigenvalue weighted by atomic mass is 16.5. The molecule has 0 bridgehead atoms. The van der Waals surface area contributed by atoms with Gasteiger partial charge in [0.05, 0.1) is 0 Å². The summed E-state index contributed by atoms with van der Waals surface area (Å²) in [5.41, 5.74) is 0.659. The molecule has 2 aliphatic rings. The van der Waals surface area contributed by atoms with Crippen LogP contribution < -0.4 is 0 Å². The van der Waals surface area contributed by atoms with E-state index in [-0.39, 0.29) is 0 Å². The third kappa shape index (κ3) is 1.89. The zero-order chi connectivity index (χ0) is 9.31. The van der Waals surface area contributed by atoms with E-state index in [0.717, 1.165) is 19.3 Å². The van der Waals surface area contributed by atoms with Crippen molar-refractivity contribution in [1.82, 2.24) is 4.90 Å². The van der Waals surface area contributed by atoms with Crippen LogP contribution in [-0.4, -0.2) is 42.0 Å². The Morgan fingerprint density at radius 3 is 2.38 bits per heavy atom. The molecular weight excluding hydrogens is 162 g/mol. The summed E-state index contributed by atoms with van der Waals surface area (Å²) in [5, 5.41) is 0. The molecule has 2 saturated heterocycles. The molecule has 2 aliphatic heterocycles. The summed E-state index contributed by atoms with van der Waals surface area (Å²) in [7, 11) is 0. The van der Waals surface area contributed by atoms with Gasteiger partial charge in [0.15, 0.2) is 0 Å². The molecule has 0 aromatic heterocycles. The molecule has 2 heteroatoms. The molecule has 0 saturated carbocycles. The van der Waals surface area contributed by atoms with E-state index in [9.17, 15) is 0 Å². The summed E-state index contributed by atoms with van der Waals surface area (Å²) >= 11 is 0. The van der Waals surface area contributed by atoms with E-state index in [4.69, 9.17) is 0 Å².